The number of hydrogen-bond donors (Lipinski definition) is 2. The van der Waals surface area contributed by atoms with Gasteiger partial charge in [0.1, 0.15) is 12.4 Å². The lowest BCUT2D eigenvalue weighted by Crippen LogP contribution is -2.50. The number of amides is 2. The van der Waals surface area contributed by atoms with Crippen molar-refractivity contribution in [3.05, 3.63) is 70.3 Å². The van der Waals surface area contributed by atoms with Gasteiger partial charge in [0, 0.05) is 47.4 Å². The zero-order valence-corrected chi connectivity index (χ0v) is 31.3. The van der Waals surface area contributed by atoms with Gasteiger partial charge in [-0.1, -0.05) is 36.7 Å². The van der Waals surface area contributed by atoms with Crippen molar-refractivity contribution in [2.24, 2.45) is 11.8 Å². The summed E-state index contributed by atoms with van der Waals surface area (Å²) in [6.07, 6.45) is 10.9. The first-order valence-electron chi connectivity index (χ1n) is 18.2. The summed E-state index contributed by atoms with van der Waals surface area (Å²) >= 11 is 6.46. The summed E-state index contributed by atoms with van der Waals surface area (Å²) < 4.78 is 29.7. The Kier molecular flexibility index (Phi) is 11.5. The van der Waals surface area contributed by atoms with Crippen molar-refractivity contribution in [1.82, 2.24) is 14.9 Å². The largest absolute Gasteiger partial charge is 0.490 e. The molecule has 2 bridgehead atoms. The van der Waals surface area contributed by atoms with Gasteiger partial charge in [0.25, 0.3) is 5.91 Å². The fourth-order valence-corrected chi connectivity index (χ4v) is 10.1. The fourth-order valence-electron chi connectivity index (χ4n) is 8.23. The van der Waals surface area contributed by atoms with E-state index in [0.29, 0.717) is 43.9 Å². The molecule has 0 aromatic heterocycles. The number of aryl methyl sites for hydroxylation is 1. The molecule has 1 saturated carbocycles. The minimum atomic E-state index is -2.93. The average molecular weight is 725 g/mol. The Hall–Kier alpha value is -3.05. The molecule has 2 heterocycles. The lowest BCUT2D eigenvalue weighted by molar-refractivity contribution is -0.129. The molecular formula is C39H53ClN4O5S. The summed E-state index contributed by atoms with van der Waals surface area (Å²) in [5.41, 5.74) is 3.60. The Bertz CT molecular complexity index is 1700. The maximum atomic E-state index is 13.9. The molecule has 50 heavy (non-hydrogen) atoms. The van der Waals surface area contributed by atoms with Gasteiger partial charge in [0.15, 0.2) is 0 Å². The number of halogens is 1. The molecule has 6 rings (SSSR count). The molecule has 2 amide bonds. The summed E-state index contributed by atoms with van der Waals surface area (Å²) in [6, 6.07) is 11.8. The number of nitrogens with zero attached hydrogens (tertiary/aromatic N) is 2. The van der Waals surface area contributed by atoms with E-state index >= 15 is 0 Å². The molecule has 2 aromatic carbocycles. The van der Waals surface area contributed by atoms with Gasteiger partial charge in [-0.05, 0) is 125 Å². The van der Waals surface area contributed by atoms with E-state index < -0.39 is 9.71 Å². The number of anilines is 1. The van der Waals surface area contributed by atoms with Crippen LogP contribution in [0.3, 0.4) is 0 Å². The molecule has 11 heteroatoms. The van der Waals surface area contributed by atoms with Gasteiger partial charge in [-0.15, -0.1) is 0 Å². The average Bonchev–Trinajstić information content (AvgIpc) is 3.21. The number of ether oxygens (including phenoxy) is 2. The van der Waals surface area contributed by atoms with Crippen molar-refractivity contribution in [3.8, 4) is 5.75 Å². The van der Waals surface area contributed by atoms with Gasteiger partial charge < -0.3 is 24.6 Å². The monoisotopic (exact) mass is 724 g/mol. The van der Waals surface area contributed by atoms with E-state index in [4.69, 9.17) is 21.1 Å². The zero-order chi connectivity index (χ0) is 35.5. The summed E-state index contributed by atoms with van der Waals surface area (Å²) in [6.45, 7) is 5.30. The number of hydrogen-bond acceptors (Lipinski definition) is 7. The molecule has 1 fully saturated rings. The van der Waals surface area contributed by atoms with Crippen LogP contribution in [0.5, 0.6) is 5.75 Å². The lowest BCUT2D eigenvalue weighted by atomic mass is 9.68. The number of benzene rings is 2. The Morgan fingerprint density at radius 2 is 2.06 bits per heavy atom. The van der Waals surface area contributed by atoms with Crippen LogP contribution in [0.25, 0.3) is 0 Å². The third-order valence-electron chi connectivity index (χ3n) is 11.2. The highest BCUT2D eigenvalue weighted by atomic mass is 35.5. The summed E-state index contributed by atoms with van der Waals surface area (Å²) in [4.78, 5) is 30.9. The van der Waals surface area contributed by atoms with Gasteiger partial charge in [0.05, 0.1) is 28.1 Å². The predicted molar refractivity (Wildman–Crippen MR) is 203 cm³/mol. The lowest BCUT2D eigenvalue weighted by Gasteiger charge is -2.46. The highest BCUT2D eigenvalue weighted by molar-refractivity contribution is 7.99. The maximum absolute atomic E-state index is 13.9. The quantitative estimate of drug-likeness (QED) is 0.292. The van der Waals surface area contributed by atoms with E-state index in [2.05, 4.69) is 45.1 Å². The van der Waals surface area contributed by atoms with E-state index in [1.807, 2.05) is 44.1 Å². The third-order valence-corrected chi connectivity index (χ3v) is 13.6. The standard InChI is InChI=1S/C39H53ClN4O5S/c1-5-31-10-6-7-11-35(48-24-37(45)41-19-20-43(2)3)32-15-12-29(32)23-44-25-39(18-8-9-27-21-30(40)14-16-33(27)39)26-49-36-17-13-28(22-34(36)44)38(46)42-50(31,4)47/h7,11,13-14,16-17,21-22,29,31-32,35H,4-6,8-10,12,15,18-20,23-26H2,1-3H3,(H,41,45)(H,42,46,47)/b11-7+/t29-,31+,32+,35-,39-,50?/m0/s1. The Labute approximate surface area is 303 Å². The molecule has 4 aliphatic rings. The molecule has 0 saturated heterocycles. The predicted octanol–water partition coefficient (Wildman–Crippen LogP) is 5.39. The van der Waals surface area contributed by atoms with E-state index in [1.54, 1.807) is 6.07 Å². The molecule has 272 valence electrons. The second kappa shape index (κ2) is 15.7. The molecule has 2 N–H and O–H groups in total. The number of nitrogens with one attached hydrogen (secondary N) is 2. The van der Waals surface area contributed by atoms with Crippen LogP contribution in [0, 0.1) is 11.8 Å². The highest BCUT2D eigenvalue weighted by Gasteiger charge is 2.44. The van der Waals surface area contributed by atoms with Crippen LogP contribution in [0.4, 0.5) is 5.69 Å². The third kappa shape index (κ3) is 8.19. The van der Waals surface area contributed by atoms with Crippen LogP contribution in [-0.4, -0.2) is 91.6 Å². The van der Waals surface area contributed by atoms with E-state index in [-0.39, 0.29) is 41.1 Å². The Morgan fingerprint density at radius 3 is 2.82 bits per heavy atom. The molecule has 2 aliphatic carbocycles. The van der Waals surface area contributed by atoms with Crippen molar-refractivity contribution in [2.45, 2.75) is 75.1 Å². The Morgan fingerprint density at radius 1 is 1.22 bits per heavy atom. The molecule has 1 unspecified atom stereocenters. The van der Waals surface area contributed by atoms with Crippen LogP contribution in [0.15, 0.2) is 48.6 Å². The van der Waals surface area contributed by atoms with Gasteiger partial charge in [-0.3, -0.25) is 14.3 Å². The SMILES string of the molecule is C=S1(=O)NC(=O)c2ccc3c(c2)N(C[C@@H]2CC[C@H]2[C@@H](OCC(=O)NCCN(C)C)/C=C/CC[C@H]1CC)C[C@@]1(CCCc2cc(Cl)ccc21)CO3. The number of likely N-dealkylation sites (N-methyl/N-ethyl adjacent to an activating group) is 1. The zero-order valence-electron chi connectivity index (χ0n) is 29.8. The normalized spacial score (nSPS) is 30.3. The van der Waals surface area contributed by atoms with E-state index in [0.717, 1.165) is 68.2 Å². The first-order chi connectivity index (χ1) is 24.0. The molecule has 6 atom stereocenters. The van der Waals surface area contributed by atoms with Gasteiger partial charge >= 0.3 is 0 Å². The number of carbonyl (C=O) groups excluding carboxylic acids is 2. The second-order valence-electron chi connectivity index (χ2n) is 14.9. The number of allylic oxidation sites excluding steroid dienone is 1. The summed E-state index contributed by atoms with van der Waals surface area (Å²) in [5, 5.41) is 3.43. The fraction of sp³-hybridized carbons (Fsp3) is 0.564. The van der Waals surface area contributed by atoms with E-state index in [9.17, 15) is 13.8 Å². The molecule has 2 aromatic rings. The van der Waals surface area contributed by atoms with Crippen molar-refractivity contribution in [2.75, 3.05) is 58.4 Å². The van der Waals surface area contributed by atoms with Gasteiger partial charge in [-0.25, -0.2) is 4.21 Å². The second-order valence-corrected chi connectivity index (χ2v) is 17.7. The molecular weight excluding hydrogens is 672 g/mol. The molecule has 9 nitrogen and oxygen atoms in total. The molecule has 2 aliphatic heterocycles. The number of fused-ring (bicyclic) bond motifs is 4. The number of rotatable bonds is 7. The van der Waals surface area contributed by atoms with Crippen molar-refractivity contribution in [3.63, 3.8) is 0 Å². The smallest absolute Gasteiger partial charge is 0.262 e. The van der Waals surface area contributed by atoms with E-state index in [1.165, 1.54) is 11.1 Å². The first-order valence-corrected chi connectivity index (χ1v) is 20.3. The van der Waals surface area contributed by atoms with Crippen molar-refractivity contribution < 1.29 is 23.3 Å². The highest BCUT2D eigenvalue weighted by Crippen LogP contribution is 2.47. The van der Waals surface area contributed by atoms with Crippen LogP contribution < -0.4 is 19.7 Å². The van der Waals surface area contributed by atoms with Crippen LogP contribution in [0.2, 0.25) is 5.02 Å². The topological polar surface area (TPSA) is 100 Å². The minimum absolute atomic E-state index is 0.00578. The Balaban J connectivity index is 1.35. The van der Waals surface area contributed by atoms with Gasteiger partial charge in [0.2, 0.25) is 5.91 Å². The van der Waals surface area contributed by atoms with Gasteiger partial charge in [-0.2, -0.15) is 0 Å². The summed E-state index contributed by atoms with van der Waals surface area (Å²) in [7, 11) is 1.02. The van der Waals surface area contributed by atoms with Crippen LogP contribution >= 0.6 is 11.6 Å². The molecule has 1 spiro atoms. The summed E-state index contributed by atoms with van der Waals surface area (Å²) in [5.74, 6) is 4.78. The minimum Gasteiger partial charge on any atom is -0.490 e. The van der Waals surface area contributed by atoms with Crippen LogP contribution in [0.1, 0.15) is 73.4 Å². The van der Waals surface area contributed by atoms with Crippen LogP contribution in [-0.2, 0) is 31.1 Å². The van der Waals surface area contributed by atoms with Crippen molar-refractivity contribution >= 4 is 44.7 Å². The first kappa shape index (κ1) is 36.7. The van der Waals surface area contributed by atoms with Crippen molar-refractivity contribution in [1.29, 1.82) is 0 Å². The molecule has 0 radical (unpaired) electrons. The maximum Gasteiger partial charge on any atom is 0.262 e. The number of carbonyl (C=O) groups is 2.